The fraction of sp³-hybridized carbons (Fsp3) is 0.250. The molecule has 33 heavy (non-hydrogen) atoms. The van der Waals surface area contributed by atoms with Crippen molar-refractivity contribution < 1.29 is 18.0 Å². The van der Waals surface area contributed by atoms with E-state index < -0.39 is 17.6 Å². The monoisotopic (exact) mass is 476 g/mol. The van der Waals surface area contributed by atoms with Gasteiger partial charge in [-0.3, -0.25) is 4.79 Å². The highest BCUT2D eigenvalue weighted by atomic mass is 35.5. The Bertz CT molecular complexity index is 1120. The molecule has 174 valence electrons. The summed E-state index contributed by atoms with van der Waals surface area (Å²) in [5.41, 5.74) is 5.55. The summed E-state index contributed by atoms with van der Waals surface area (Å²) in [7, 11) is 0. The van der Waals surface area contributed by atoms with E-state index in [-0.39, 0.29) is 23.2 Å². The van der Waals surface area contributed by atoms with Crippen LogP contribution in [0.4, 0.5) is 24.5 Å². The van der Waals surface area contributed by atoms with Gasteiger partial charge < -0.3 is 16.4 Å². The Morgan fingerprint density at radius 2 is 2.00 bits per heavy atom. The highest BCUT2D eigenvalue weighted by Gasteiger charge is 2.31. The smallest absolute Gasteiger partial charge is 0.399 e. The molecule has 2 unspecified atom stereocenters. The number of nitrogens with zero attached hydrogens (tertiary/aromatic N) is 1. The van der Waals surface area contributed by atoms with Crippen LogP contribution in [0.25, 0.3) is 0 Å². The summed E-state index contributed by atoms with van der Waals surface area (Å²) in [6.45, 7) is 4.00. The standard InChI is InChI=1S/C24H24ClF3N4O/c1-14-5-3-8-21(25)32-22(9-14)30-15(2)16-6-4-7-20(12-16)31-23(33)17-10-18(24(26,27)28)13-19(29)11-17/h3-4,6-15,30H,5,29H2,1-2H3,(H,31,33). The number of rotatable bonds is 5. The number of halogens is 4. The van der Waals surface area contributed by atoms with Crippen LogP contribution in [0.15, 0.2) is 71.5 Å². The number of nitrogen functional groups attached to an aromatic ring is 1. The van der Waals surface area contributed by atoms with Gasteiger partial charge >= 0.3 is 6.18 Å². The molecule has 0 bridgehead atoms. The number of aliphatic imine (C=N–C) groups is 1. The molecule has 1 heterocycles. The van der Waals surface area contributed by atoms with Crippen LogP contribution in [0.2, 0.25) is 0 Å². The average Bonchev–Trinajstić information content (AvgIpc) is 2.71. The molecular formula is C24H24ClF3N4O. The number of carbonyl (C=O) groups excluding carboxylic acids is 1. The first-order valence-corrected chi connectivity index (χ1v) is 10.7. The molecule has 5 nitrogen and oxygen atoms in total. The number of carbonyl (C=O) groups is 1. The Kier molecular flexibility index (Phi) is 7.48. The molecule has 4 N–H and O–H groups in total. The predicted octanol–water partition coefficient (Wildman–Crippen LogP) is 6.27. The van der Waals surface area contributed by atoms with Crippen LogP contribution in [-0.2, 0) is 6.18 Å². The number of benzene rings is 2. The molecule has 9 heteroatoms. The van der Waals surface area contributed by atoms with Crippen molar-refractivity contribution in [3.05, 3.63) is 83.2 Å². The molecule has 0 spiro atoms. The Hall–Kier alpha value is -3.26. The third-order valence-corrected chi connectivity index (χ3v) is 5.20. The first-order valence-electron chi connectivity index (χ1n) is 10.3. The van der Waals surface area contributed by atoms with E-state index in [4.69, 9.17) is 17.3 Å². The van der Waals surface area contributed by atoms with E-state index in [1.807, 2.05) is 25.1 Å². The van der Waals surface area contributed by atoms with Crippen LogP contribution in [0, 0.1) is 5.92 Å². The summed E-state index contributed by atoms with van der Waals surface area (Å²) in [5, 5.41) is 6.31. The molecule has 1 aliphatic heterocycles. The molecule has 0 saturated heterocycles. The van der Waals surface area contributed by atoms with Crippen molar-refractivity contribution in [1.29, 1.82) is 0 Å². The highest BCUT2D eigenvalue weighted by Crippen LogP contribution is 2.31. The van der Waals surface area contributed by atoms with Crippen molar-refractivity contribution >= 4 is 34.1 Å². The summed E-state index contributed by atoms with van der Waals surface area (Å²) in [4.78, 5) is 17.0. The predicted molar refractivity (Wildman–Crippen MR) is 126 cm³/mol. The lowest BCUT2D eigenvalue weighted by Gasteiger charge is -2.19. The topological polar surface area (TPSA) is 79.5 Å². The second-order valence-corrected chi connectivity index (χ2v) is 8.28. The number of nitrogens with two attached hydrogens (primary N) is 1. The first kappa shape index (κ1) is 24.4. The lowest BCUT2D eigenvalue weighted by molar-refractivity contribution is -0.137. The number of nitrogens with one attached hydrogen (secondary N) is 2. The van der Waals surface area contributed by atoms with Gasteiger partial charge in [0.1, 0.15) is 11.0 Å². The maximum atomic E-state index is 13.0. The Labute approximate surface area is 195 Å². The van der Waals surface area contributed by atoms with Crippen LogP contribution < -0.4 is 16.4 Å². The van der Waals surface area contributed by atoms with E-state index in [2.05, 4.69) is 22.5 Å². The highest BCUT2D eigenvalue weighted by molar-refractivity contribution is 6.68. The van der Waals surface area contributed by atoms with E-state index in [9.17, 15) is 18.0 Å². The Balaban J connectivity index is 1.76. The van der Waals surface area contributed by atoms with Crippen LogP contribution in [0.3, 0.4) is 0 Å². The van der Waals surface area contributed by atoms with Crippen molar-refractivity contribution in [2.24, 2.45) is 10.9 Å². The van der Waals surface area contributed by atoms with E-state index in [1.54, 1.807) is 24.3 Å². The number of amides is 1. The third-order valence-electron chi connectivity index (χ3n) is 4.99. The molecule has 2 aromatic rings. The van der Waals surface area contributed by atoms with Crippen LogP contribution in [0.1, 0.15) is 47.8 Å². The summed E-state index contributed by atoms with van der Waals surface area (Å²) in [5.74, 6) is 0.221. The van der Waals surface area contributed by atoms with Gasteiger partial charge in [-0.15, -0.1) is 0 Å². The van der Waals surface area contributed by atoms with Crippen molar-refractivity contribution in [1.82, 2.24) is 5.32 Å². The first-order chi connectivity index (χ1) is 15.5. The number of anilines is 2. The second kappa shape index (κ2) is 10.1. The van der Waals surface area contributed by atoms with Crippen LogP contribution in [-0.4, -0.2) is 11.1 Å². The lowest BCUT2D eigenvalue weighted by Crippen LogP contribution is -2.19. The summed E-state index contributed by atoms with van der Waals surface area (Å²) >= 11 is 6.11. The zero-order chi connectivity index (χ0) is 24.2. The SMILES string of the molecule is CC1C=C(NC(C)c2cccc(NC(=O)c3cc(N)cc(C(F)(F)F)c3)c2)N=C(Cl)C=CC1. The summed E-state index contributed by atoms with van der Waals surface area (Å²) < 4.78 is 39.1. The third kappa shape index (κ3) is 6.86. The van der Waals surface area contributed by atoms with E-state index in [0.29, 0.717) is 16.7 Å². The lowest BCUT2D eigenvalue weighted by atomic mass is 10.1. The fourth-order valence-corrected chi connectivity index (χ4v) is 3.51. The molecule has 0 fully saturated rings. The van der Waals surface area contributed by atoms with Gasteiger partial charge in [0.25, 0.3) is 5.91 Å². The molecular weight excluding hydrogens is 453 g/mol. The van der Waals surface area contributed by atoms with Gasteiger partial charge in [0.2, 0.25) is 0 Å². The zero-order valence-electron chi connectivity index (χ0n) is 18.1. The maximum Gasteiger partial charge on any atom is 0.416 e. The van der Waals surface area contributed by atoms with Crippen molar-refractivity contribution in [3.63, 3.8) is 0 Å². The molecule has 2 atom stereocenters. The van der Waals surface area contributed by atoms with Gasteiger partial charge in [0.15, 0.2) is 0 Å². The fourth-order valence-electron chi connectivity index (χ4n) is 3.33. The molecule has 0 radical (unpaired) electrons. The summed E-state index contributed by atoms with van der Waals surface area (Å²) in [6, 6.07) is 9.61. The van der Waals surface area contributed by atoms with E-state index >= 15 is 0 Å². The Morgan fingerprint density at radius 3 is 2.73 bits per heavy atom. The van der Waals surface area contributed by atoms with Gasteiger partial charge in [0, 0.05) is 16.9 Å². The van der Waals surface area contributed by atoms with E-state index in [0.717, 1.165) is 24.1 Å². The van der Waals surface area contributed by atoms with Crippen LogP contribution >= 0.6 is 11.6 Å². The van der Waals surface area contributed by atoms with E-state index in [1.165, 1.54) is 6.07 Å². The molecule has 0 aliphatic carbocycles. The number of alkyl halides is 3. The number of allylic oxidation sites excluding steroid dienone is 3. The minimum Gasteiger partial charge on any atom is -0.399 e. The van der Waals surface area contributed by atoms with Gasteiger partial charge in [0.05, 0.1) is 11.6 Å². The van der Waals surface area contributed by atoms with Crippen molar-refractivity contribution in [3.8, 4) is 0 Å². The molecule has 1 aliphatic rings. The zero-order valence-corrected chi connectivity index (χ0v) is 18.8. The molecule has 0 aromatic heterocycles. The van der Waals surface area contributed by atoms with Gasteiger partial charge in [-0.25, -0.2) is 4.99 Å². The summed E-state index contributed by atoms with van der Waals surface area (Å²) in [6.07, 6.45) is 1.96. The number of hydrogen-bond donors (Lipinski definition) is 3. The molecule has 1 amide bonds. The largest absolute Gasteiger partial charge is 0.416 e. The van der Waals surface area contributed by atoms with Gasteiger partial charge in [-0.2, -0.15) is 13.2 Å². The van der Waals surface area contributed by atoms with Crippen molar-refractivity contribution in [2.45, 2.75) is 32.5 Å². The minimum atomic E-state index is -4.60. The molecule has 0 saturated carbocycles. The molecule has 3 rings (SSSR count). The van der Waals surface area contributed by atoms with Crippen molar-refractivity contribution in [2.75, 3.05) is 11.1 Å². The van der Waals surface area contributed by atoms with Gasteiger partial charge in [-0.1, -0.05) is 36.7 Å². The quantitative estimate of drug-likeness (QED) is 0.445. The normalized spacial score (nSPS) is 17.3. The number of hydrogen-bond acceptors (Lipinski definition) is 4. The Morgan fingerprint density at radius 1 is 1.24 bits per heavy atom. The maximum absolute atomic E-state index is 13.0. The van der Waals surface area contributed by atoms with Gasteiger partial charge in [-0.05, 0) is 67.3 Å². The minimum absolute atomic E-state index is 0.141. The average molecular weight is 477 g/mol. The second-order valence-electron chi connectivity index (χ2n) is 7.89. The molecule has 2 aromatic carbocycles. The van der Waals surface area contributed by atoms with Crippen LogP contribution in [0.5, 0.6) is 0 Å².